The molecule has 3 rings (SSSR count). The van der Waals surface area contributed by atoms with Gasteiger partial charge in [-0.3, -0.25) is 0 Å². The van der Waals surface area contributed by atoms with E-state index >= 15 is 0 Å². The van der Waals surface area contributed by atoms with E-state index in [1.54, 1.807) is 6.07 Å². The second kappa shape index (κ2) is 5.47. The largest absolute Gasteiger partial charge is 0.453 e. The first-order chi connectivity index (χ1) is 10.0. The number of nitrogens with zero attached hydrogens (tertiary/aromatic N) is 4. The summed E-state index contributed by atoms with van der Waals surface area (Å²) in [5, 5.41) is 17.1. The van der Waals surface area contributed by atoms with E-state index in [-0.39, 0.29) is 11.7 Å². The molecule has 0 bridgehead atoms. The summed E-state index contributed by atoms with van der Waals surface area (Å²) in [6.07, 6.45) is -1.67. The molecule has 21 heavy (non-hydrogen) atoms. The molecule has 2 aromatic rings. The van der Waals surface area contributed by atoms with Crippen LogP contribution < -0.4 is 10.6 Å². The number of hydrogen-bond donors (Lipinski definition) is 2. The Kier molecular flexibility index (Phi) is 3.66. The molecule has 3 heterocycles. The van der Waals surface area contributed by atoms with Crippen LogP contribution in [0, 0.1) is 0 Å². The fourth-order valence-electron chi connectivity index (χ4n) is 2.42. The highest BCUT2D eigenvalue weighted by Crippen LogP contribution is 2.27. The summed E-state index contributed by atoms with van der Waals surface area (Å²) in [7, 11) is 0. The van der Waals surface area contributed by atoms with E-state index in [9.17, 15) is 13.2 Å². The Labute approximate surface area is 118 Å². The Morgan fingerprint density at radius 3 is 2.86 bits per heavy atom. The first-order valence-corrected chi connectivity index (χ1v) is 6.81. The van der Waals surface area contributed by atoms with Gasteiger partial charge in [0.1, 0.15) is 5.82 Å². The third-order valence-corrected chi connectivity index (χ3v) is 3.44. The summed E-state index contributed by atoms with van der Waals surface area (Å²) in [4.78, 5) is 0. The van der Waals surface area contributed by atoms with Gasteiger partial charge in [0.15, 0.2) is 5.65 Å². The van der Waals surface area contributed by atoms with Gasteiger partial charge < -0.3 is 10.6 Å². The van der Waals surface area contributed by atoms with E-state index in [1.165, 1.54) is 6.07 Å². The van der Waals surface area contributed by atoms with Gasteiger partial charge in [-0.2, -0.15) is 17.7 Å². The monoisotopic (exact) mass is 300 g/mol. The molecule has 1 aliphatic rings. The van der Waals surface area contributed by atoms with Crippen molar-refractivity contribution >= 4 is 11.5 Å². The molecule has 1 atom stereocenters. The fraction of sp³-hybridized carbons (Fsp3) is 0.583. The summed E-state index contributed by atoms with van der Waals surface area (Å²) in [6.45, 7) is 1.86. The number of rotatable bonds is 2. The SMILES string of the molecule is FC(F)(F)c1nnc2ccc(NC3CCCNCC3)nn12. The molecule has 2 aromatic heterocycles. The van der Waals surface area contributed by atoms with Crippen LogP contribution in [0.5, 0.6) is 0 Å². The van der Waals surface area contributed by atoms with Crippen molar-refractivity contribution in [1.82, 2.24) is 25.1 Å². The second-order valence-corrected chi connectivity index (χ2v) is 5.03. The number of nitrogens with one attached hydrogen (secondary N) is 2. The summed E-state index contributed by atoms with van der Waals surface area (Å²) in [6, 6.07) is 3.31. The summed E-state index contributed by atoms with van der Waals surface area (Å²) >= 11 is 0. The zero-order valence-corrected chi connectivity index (χ0v) is 11.2. The van der Waals surface area contributed by atoms with Crippen LogP contribution in [0.3, 0.4) is 0 Å². The van der Waals surface area contributed by atoms with Gasteiger partial charge >= 0.3 is 6.18 Å². The first-order valence-electron chi connectivity index (χ1n) is 6.81. The molecule has 6 nitrogen and oxygen atoms in total. The van der Waals surface area contributed by atoms with Crippen molar-refractivity contribution in [1.29, 1.82) is 0 Å². The third-order valence-electron chi connectivity index (χ3n) is 3.44. The van der Waals surface area contributed by atoms with Crippen LogP contribution >= 0.6 is 0 Å². The highest BCUT2D eigenvalue weighted by Gasteiger charge is 2.37. The third kappa shape index (κ3) is 3.07. The maximum atomic E-state index is 12.8. The van der Waals surface area contributed by atoms with Crippen LogP contribution in [0.25, 0.3) is 5.65 Å². The standard InChI is InChI=1S/C12H15F3N6/c13-12(14,15)11-19-18-10-4-3-9(20-21(10)11)17-8-2-1-6-16-7-5-8/h3-4,8,16H,1-2,5-7H2,(H,17,20). The van der Waals surface area contributed by atoms with E-state index in [0.29, 0.717) is 5.82 Å². The molecule has 0 saturated carbocycles. The number of aromatic nitrogens is 4. The van der Waals surface area contributed by atoms with Crippen LogP contribution in [-0.4, -0.2) is 38.9 Å². The zero-order chi connectivity index (χ0) is 14.9. The van der Waals surface area contributed by atoms with Gasteiger partial charge in [-0.1, -0.05) is 0 Å². The quantitative estimate of drug-likeness (QED) is 0.883. The molecular weight excluding hydrogens is 285 g/mol. The van der Waals surface area contributed by atoms with Crippen molar-refractivity contribution in [3.63, 3.8) is 0 Å². The Balaban J connectivity index is 1.86. The Morgan fingerprint density at radius 2 is 2.05 bits per heavy atom. The minimum Gasteiger partial charge on any atom is -0.366 e. The van der Waals surface area contributed by atoms with E-state index in [2.05, 4.69) is 25.9 Å². The smallest absolute Gasteiger partial charge is 0.366 e. The Hall–Kier alpha value is -1.90. The van der Waals surface area contributed by atoms with Crippen molar-refractivity contribution in [2.45, 2.75) is 31.5 Å². The van der Waals surface area contributed by atoms with Gasteiger partial charge in [0, 0.05) is 6.04 Å². The molecule has 1 aliphatic heterocycles. The lowest BCUT2D eigenvalue weighted by molar-refractivity contribution is -0.146. The van der Waals surface area contributed by atoms with E-state index in [1.807, 2.05) is 0 Å². The fourth-order valence-corrected chi connectivity index (χ4v) is 2.42. The maximum Gasteiger partial charge on any atom is 0.453 e. The van der Waals surface area contributed by atoms with Crippen LogP contribution in [0.2, 0.25) is 0 Å². The minimum absolute atomic E-state index is 0.0791. The van der Waals surface area contributed by atoms with Gasteiger partial charge in [-0.05, 0) is 44.5 Å². The molecule has 0 aromatic carbocycles. The highest BCUT2D eigenvalue weighted by molar-refractivity contribution is 5.44. The average molecular weight is 300 g/mol. The molecule has 0 spiro atoms. The van der Waals surface area contributed by atoms with Crippen molar-refractivity contribution in [2.75, 3.05) is 18.4 Å². The Morgan fingerprint density at radius 1 is 1.19 bits per heavy atom. The summed E-state index contributed by atoms with van der Waals surface area (Å²) in [5.74, 6) is -0.705. The van der Waals surface area contributed by atoms with Gasteiger partial charge in [0.05, 0.1) is 0 Å². The van der Waals surface area contributed by atoms with Crippen molar-refractivity contribution in [2.24, 2.45) is 0 Å². The number of halogens is 3. The van der Waals surface area contributed by atoms with E-state index in [4.69, 9.17) is 0 Å². The molecule has 1 saturated heterocycles. The van der Waals surface area contributed by atoms with Crippen molar-refractivity contribution < 1.29 is 13.2 Å². The van der Waals surface area contributed by atoms with Crippen LogP contribution in [0.15, 0.2) is 12.1 Å². The molecule has 0 amide bonds. The summed E-state index contributed by atoms with van der Waals surface area (Å²) < 4.78 is 39.1. The average Bonchev–Trinajstić information content (AvgIpc) is 2.69. The van der Waals surface area contributed by atoms with Gasteiger partial charge in [0.25, 0.3) is 5.82 Å². The maximum absolute atomic E-state index is 12.8. The molecular formula is C12H15F3N6. The number of anilines is 1. The normalized spacial score (nSPS) is 20.4. The number of alkyl halides is 3. The zero-order valence-electron chi connectivity index (χ0n) is 11.2. The molecule has 0 radical (unpaired) electrons. The van der Waals surface area contributed by atoms with Crippen LogP contribution in [0.4, 0.5) is 19.0 Å². The lowest BCUT2D eigenvalue weighted by Gasteiger charge is -2.16. The number of hydrogen-bond acceptors (Lipinski definition) is 5. The molecule has 1 unspecified atom stereocenters. The van der Waals surface area contributed by atoms with Crippen LogP contribution in [-0.2, 0) is 6.18 Å². The molecule has 1 fully saturated rings. The van der Waals surface area contributed by atoms with Gasteiger partial charge in [-0.25, -0.2) is 0 Å². The molecule has 114 valence electrons. The van der Waals surface area contributed by atoms with Crippen molar-refractivity contribution in [3.05, 3.63) is 18.0 Å². The predicted octanol–water partition coefficient (Wildman–Crippen LogP) is 1.70. The lowest BCUT2D eigenvalue weighted by atomic mass is 10.1. The molecule has 9 heteroatoms. The van der Waals surface area contributed by atoms with Gasteiger partial charge in [0.2, 0.25) is 0 Å². The molecule has 2 N–H and O–H groups in total. The second-order valence-electron chi connectivity index (χ2n) is 5.03. The predicted molar refractivity (Wildman–Crippen MR) is 69.9 cm³/mol. The van der Waals surface area contributed by atoms with Crippen molar-refractivity contribution in [3.8, 4) is 0 Å². The van der Waals surface area contributed by atoms with Crippen LogP contribution in [0.1, 0.15) is 25.1 Å². The lowest BCUT2D eigenvalue weighted by Crippen LogP contribution is -2.22. The van der Waals surface area contributed by atoms with Gasteiger partial charge in [-0.15, -0.1) is 15.3 Å². The van der Waals surface area contributed by atoms with E-state index in [0.717, 1.165) is 36.9 Å². The topological polar surface area (TPSA) is 67.1 Å². The number of fused-ring (bicyclic) bond motifs is 1. The highest BCUT2D eigenvalue weighted by atomic mass is 19.4. The molecule has 0 aliphatic carbocycles. The minimum atomic E-state index is -4.57. The van der Waals surface area contributed by atoms with E-state index < -0.39 is 12.0 Å². The summed E-state index contributed by atoms with van der Waals surface area (Å²) in [5.41, 5.74) is 0.0791. The first kappa shape index (κ1) is 14.1. The Bertz CT molecular complexity index is 615.